The average Bonchev–Trinajstić information content (AvgIpc) is 3.07. The normalized spacial score (nSPS) is 29.6. The standard InChI is InChI=1S/C19H22F3NO3/c20-19(21,22)16-9-5-4-8-13(16)17(24)23-10-14(15(11-23)18(25)26)12-6-2-1-3-7-12/h1-3,6-7,13-16H,4-5,8-11H2,(H,25,26). The summed E-state index contributed by atoms with van der Waals surface area (Å²) in [5.41, 5.74) is 0.797. The van der Waals surface area contributed by atoms with Crippen LogP contribution in [0.2, 0.25) is 0 Å². The Morgan fingerprint density at radius 3 is 2.27 bits per heavy atom. The molecule has 1 aromatic carbocycles. The Labute approximate surface area is 150 Å². The van der Waals surface area contributed by atoms with Crippen molar-refractivity contribution in [2.24, 2.45) is 17.8 Å². The van der Waals surface area contributed by atoms with Gasteiger partial charge in [-0.2, -0.15) is 13.2 Å². The summed E-state index contributed by atoms with van der Waals surface area (Å²) in [6.45, 7) is 0.121. The number of alkyl halides is 3. The van der Waals surface area contributed by atoms with E-state index in [1.165, 1.54) is 4.90 Å². The van der Waals surface area contributed by atoms with Crippen molar-refractivity contribution in [3.63, 3.8) is 0 Å². The highest BCUT2D eigenvalue weighted by Gasteiger charge is 2.50. The fraction of sp³-hybridized carbons (Fsp3) is 0.579. The number of benzene rings is 1. The largest absolute Gasteiger partial charge is 0.481 e. The van der Waals surface area contributed by atoms with E-state index in [2.05, 4.69) is 0 Å². The van der Waals surface area contributed by atoms with Gasteiger partial charge in [-0.3, -0.25) is 9.59 Å². The lowest BCUT2D eigenvalue weighted by atomic mass is 9.78. The Balaban J connectivity index is 1.80. The van der Waals surface area contributed by atoms with Crippen molar-refractivity contribution >= 4 is 11.9 Å². The number of hydrogen-bond acceptors (Lipinski definition) is 2. The second-order valence-electron chi connectivity index (χ2n) is 7.24. The molecule has 0 aromatic heterocycles. The molecule has 1 N–H and O–H groups in total. The number of halogens is 3. The van der Waals surface area contributed by atoms with Crippen LogP contribution >= 0.6 is 0 Å². The van der Waals surface area contributed by atoms with Crippen LogP contribution in [0, 0.1) is 17.8 Å². The molecule has 2 fully saturated rings. The zero-order chi connectivity index (χ0) is 18.9. The summed E-state index contributed by atoms with van der Waals surface area (Å²) < 4.78 is 40.0. The van der Waals surface area contributed by atoms with E-state index >= 15 is 0 Å². The van der Waals surface area contributed by atoms with Crippen molar-refractivity contribution in [3.05, 3.63) is 35.9 Å². The van der Waals surface area contributed by atoms with Crippen molar-refractivity contribution in [2.75, 3.05) is 13.1 Å². The quantitative estimate of drug-likeness (QED) is 0.884. The summed E-state index contributed by atoms with van der Waals surface area (Å²) in [5, 5.41) is 9.52. The molecule has 1 aromatic rings. The Morgan fingerprint density at radius 2 is 1.65 bits per heavy atom. The maximum atomic E-state index is 13.3. The molecule has 4 nitrogen and oxygen atoms in total. The SMILES string of the molecule is O=C(O)C1CN(C(=O)C2CCCCC2C(F)(F)F)CC1c1ccccc1. The van der Waals surface area contributed by atoms with Gasteiger partial charge in [0.1, 0.15) is 0 Å². The summed E-state index contributed by atoms with van der Waals surface area (Å²) >= 11 is 0. The number of rotatable bonds is 3. The predicted molar refractivity (Wildman–Crippen MR) is 88.4 cm³/mol. The van der Waals surface area contributed by atoms with E-state index in [4.69, 9.17) is 0 Å². The number of aliphatic carboxylic acids is 1. The second kappa shape index (κ2) is 7.29. The van der Waals surface area contributed by atoms with Crippen LogP contribution in [-0.2, 0) is 9.59 Å². The Morgan fingerprint density at radius 1 is 1.00 bits per heavy atom. The van der Waals surface area contributed by atoms with Gasteiger partial charge in [-0.1, -0.05) is 43.2 Å². The van der Waals surface area contributed by atoms with Crippen LogP contribution in [0.3, 0.4) is 0 Å². The van der Waals surface area contributed by atoms with Crippen LogP contribution in [0.4, 0.5) is 13.2 Å². The first kappa shape index (κ1) is 18.7. The molecule has 4 unspecified atom stereocenters. The summed E-state index contributed by atoms with van der Waals surface area (Å²) in [7, 11) is 0. The molecule has 2 aliphatic rings. The van der Waals surface area contributed by atoms with Gasteiger partial charge in [0.15, 0.2) is 0 Å². The fourth-order valence-electron chi connectivity index (χ4n) is 4.32. The molecule has 1 saturated heterocycles. The van der Waals surface area contributed by atoms with Crippen molar-refractivity contribution in [1.82, 2.24) is 4.90 Å². The number of carboxylic acids is 1. The maximum Gasteiger partial charge on any atom is 0.392 e. The van der Waals surface area contributed by atoms with Crippen molar-refractivity contribution in [1.29, 1.82) is 0 Å². The molecule has 1 heterocycles. The summed E-state index contributed by atoms with van der Waals surface area (Å²) in [6.07, 6.45) is -3.14. The highest BCUT2D eigenvalue weighted by molar-refractivity contribution is 5.82. The van der Waals surface area contributed by atoms with Gasteiger partial charge in [0.25, 0.3) is 0 Å². The molecule has 142 valence electrons. The average molecular weight is 369 g/mol. The highest BCUT2D eigenvalue weighted by atomic mass is 19.4. The van der Waals surface area contributed by atoms with Crippen LogP contribution in [0.5, 0.6) is 0 Å². The minimum Gasteiger partial charge on any atom is -0.481 e. The van der Waals surface area contributed by atoms with Gasteiger partial charge >= 0.3 is 12.1 Å². The van der Waals surface area contributed by atoms with Gasteiger partial charge in [-0.15, -0.1) is 0 Å². The van der Waals surface area contributed by atoms with E-state index in [9.17, 15) is 27.9 Å². The van der Waals surface area contributed by atoms with Crippen LogP contribution in [0.25, 0.3) is 0 Å². The molecule has 7 heteroatoms. The van der Waals surface area contributed by atoms with Crippen molar-refractivity contribution in [3.8, 4) is 0 Å². The molecule has 1 aliphatic heterocycles. The van der Waals surface area contributed by atoms with Crippen LogP contribution in [0.15, 0.2) is 30.3 Å². The van der Waals surface area contributed by atoms with Gasteiger partial charge < -0.3 is 10.0 Å². The molecule has 1 aliphatic carbocycles. The Hall–Kier alpha value is -2.05. The number of carboxylic acid groups (broad SMARTS) is 1. The number of hydrogen-bond donors (Lipinski definition) is 1. The zero-order valence-electron chi connectivity index (χ0n) is 14.3. The molecule has 0 bridgehead atoms. The molecule has 0 radical (unpaired) electrons. The van der Waals surface area contributed by atoms with Gasteiger partial charge in [-0.05, 0) is 18.4 Å². The van der Waals surface area contributed by atoms with E-state index in [1.807, 2.05) is 6.07 Å². The van der Waals surface area contributed by atoms with E-state index in [0.29, 0.717) is 12.8 Å². The summed E-state index contributed by atoms with van der Waals surface area (Å²) in [6, 6.07) is 8.99. The Kier molecular flexibility index (Phi) is 5.25. The van der Waals surface area contributed by atoms with E-state index in [-0.39, 0.29) is 25.9 Å². The first-order chi connectivity index (χ1) is 12.3. The molecule has 0 spiro atoms. The zero-order valence-corrected chi connectivity index (χ0v) is 14.3. The molecule has 1 saturated carbocycles. The minimum absolute atomic E-state index is 0.0295. The van der Waals surface area contributed by atoms with Gasteiger partial charge in [0.05, 0.1) is 11.8 Å². The van der Waals surface area contributed by atoms with E-state index in [0.717, 1.165) is 5.56 Å². The Bertz CT molecular complexity index is 662. The molecule has 3 rings (SSSR count). The van der Waals surface area contributed by atoms with Crippen LogP contribution < -0.4 is 0 Å². The first-order valence-electron chi connectivity index (χ1n) is 8.92. The molecular weight excluding hydrogens is 347 g/mol. The lowest BCUT2D eigenvalue weighted by Gasteiger charge is -2.34. The van der Waals surface area contributed by atoms with E-state index in [1.54, 1.807) is 24.3 Å². The number of nitrogens with zero attached hydrogens (tertiary/aromatic N) is 1. The van der Waals surface area contributed by atoms with Gasteiger partial charge in [-0.25, -0.2) is 0 Å². The van der Waals surface area contributed by atoms with Crippen molar-refractivity contribution in [2.45, 2.75) is 37.8 Å². The summed E-state index contributed by atoms with van der Waals surface area (Å²) in [4.78, 5) is 25.8. The minimum atomic E-state index is -4.40. The number of carbonyl (C=O) groups is 2. The number of carbonyl (C=O) groups excluding carboxylic acids is 1. The lowest BCUT2D eigenvalue weighted by molar-refractivity contribution is -0.200. The first-order valence-corrected chi connectivity index (χ1v) is 8.92. The van der Waals surface area contributed by atoms with E-state index < -0.39 is 41.7 Å². The second-order valence-corrected chi connectivity index (χ2v) is 7.24. The maximum absolute atomic E-state index is 13.3. The van der Waals surface area contributed by atoms with Gasteiger partial charge in [0.2, 0.25) is 5.91 Å². The molecular formula is C19H22F3NO3. The number of amides is 1. The van der Waals surface area contributed by atoms with Crippen molar-refractivity contribution < 1.29 is 27.9 Å². The van der Waals surface area contributed by atoms with Gasteiger partial charge in [0, 0.05) is 24.9 Å². The molecule has 1 amide bonds. The third-order valence-corrected chi connectivity index (χ3v) is 5.68. The molecule has 26 heavy (non-hydrogen) atoms. The summed E-state index contributed by atoms with van der Waals surface area (Å²) in [5.74, 6) is -5.47. The smallest absolute Gasteiger partial charge is 0.392 e. The lowest BCUT2D eigenvalue weighted by Crippen LogP contribution is -2.44. The third kappa shape index (κ3) is 3.71. The molecule has 4 atom stereocenters. The highest BCUT2D eigenvalue weighted by Crippen LogP contribution is 2.43. The predicted octanol–water partition coefficient (Wildman–Crippen LogP) is 3.68. The number of likely N-dealkylation sites (tertiary alicyclic amines) is 1. The topological polar surface area (TPSA) is 57.6 Å². The van der Waals surface area contributed by atoms with Crippen LogP contribution in [0.1, 0.15) is 37.2 Å². The third-order valence-electron chi connectivity index (χ3n) is 5.68. The fourth-order valence-corrected chi connectivity index (χ4v) is 4.32. The van der Waals surface area contributed by atoms with Crippen LogP contribution in [-0.4, -0.2) is 41.1 Å². The monoisotopic (exact) mass is 369 g/mol.